The van der Waals surface area contributed by atoms with Gasteiger partial charge in [-0.1, -0.05) is 0 Å². The van der Waals surface area contributed by atoms with Crippen LogP contribution in [0.2, 0.25) is 0 Å². The molecule has 0 aliphatic carbocycles. The maximum Gasteiger partial charge on any atom is 0.274 e. The molecule has 2 fully saturated rings. The number of imidazole rings is 1. The third kappa shape index (κ3) is 2.64. The summed E-state index contributed by atoms with van der Waals surface area (Å²) in [6.45, 7) is 4.18. The number of aromatic nitrogens is 2. The van der Waals surface area contributed by atoms with Crippen molar-refractivity contribution in [1.82, 2.24) is 19.4 Å². The van der Waals surface area contributed by atoms with Crippen molar-refractivity contribution >= 4 is 11.8 Å². The molecule has 23 heavy (non-hydrogen) atoms. The fraction of sp³-hybridized carbons (Fsp3) is 0.706. The SMILES string of the molecule is O=C(c1ncn2c1CCC(C(=O)N1CCCCC1)C2)N1CCC1. The van der Waals surface area contributed by atoms with Gasteiger partial charge >= 0.3 is 0 Å². The number of fused-ring (bicyclic) bond motifs is 1. The molecule has 2 amide bonds. The van der Waals surface area contributed by atoms with Crippen LogP contribution in [0.1, 0.15) is 48.3 Å². The van der Waals surface area contributed by atoms with Crippen LogP contribution in [0.3, 0.4) is 0 Å². The molecule has 0 aromatic carbocycles. The smallest absolute Gasteiger partial charge is 0.274 e. The van der Waals surface area contributed by atoms with E-state index in [2.05, 4.69) is 4.98 Å². The van der Waals surface area contributed by atoms with Gasteiger partial charge in [-0.3, -0.25) is 9.59 Å². The minimum absolute atomic E-state index is 0.0433. The molecule has 0 radical (unpaired) electrons. The molecule has 1 aromatic rings. The first-order valence-electron chi connectivity index (χ1n) is 8.86. The van der Waals surface area contributed by atoms with Crippen molar-refractivity contribution < 1.29 is 9.59 Å². The molecule has 1 atom stereocenters. The highest BCUT2D eigenvalue weighted by Gasteiger charge is 2.33. The first kappa shape index (κ1) is 14.7. The molecule has 124 valence electrons. The lowest BCUT2D eigenvalue weighted by atomic mass is 9.94. The summed E-state index contributed by atoms with van der Waals surface area (Å²) in [5, 5.41) is 0. The molecular weight excluding hydrogens is 292 g/mol. The van der Waals surface area contributed by atoms with Gasteiger partial charge in [0.05, 0.1) is 17.9 Å². The maximum atomic E-state index is 12.7. The zero-order valence-corrected chi connectivity index (χ0v) is 13.5. The molecule has 6 nitrogen and oxygen atoms in total. The summed E-state index contributed by atoms with van der Waals surface area (Å²) in [6, 6.07) is 0. The standard InChI is InChI=1S/C17H24N4O2/c22-16(19-7-2-1-3-8-19)13-5-6-14-15(18-12-21(14)11-13)17(23)20-9-4-10-20/h12-13H,1-11H2. The van der Waals surface area contributed by atoms with Gasteiger partial charge in [0.2, 0.25) is 5.91 Å². The Kier molecular flexibility index (Phi) is 3.83. The summed E-state index contributed by atoms with van der Waals surface area (Å²) < 4.78 is 2.03. The Morgan fingerprint density at radius 2 is 1.74 bits per heavy atom. The molecule has 0 spiro atoms. The molecule has 2 saturated heterocycles. The fourth-order valence-electron chi connectivity index (χ4n) is 3.89. The van der Waals surface area contributed by atoms with Crippen LogP contribution in [0.15, 0.2) is 6.33 Å². The van der Waals surface area contributed by atoms with E-state index in [1.54, 1.807) is 6.33 Å². The molecule has 3 aliphatic heterocycles. The third-order valence-electron chi connectivity index (χ3n) is 5.46. The Balaban J connectivity index is 1.46. The van der Waals surface area contributed by atoms with Crippen LogP contribution >= 0.6 is 0 Å². The molecule has 3 aliphatic rings. The molecule has 4 rings (SSSR count). The van der Waals surface area contributed by atoms with E-state index in [1.807, 2.05) is 14.4 Å². The topological polar surface area (TPSA) is 58.4 Å². The van der Waals surface area contributed by atoms with Gasteiger partial charge in [0.15, 0.2) is 0 Å². The summed E-state index contributed by atoms with van der Waals surface area (Å²) in [6.07, 6.45) is 7.95. The van der Waals surface area contributed by atoms with E-state index < -0.39 is 0 Å². The highest BCUT2D eigenvalue weighted by Crippen LogP contribution is 2.26. The molecule has 1 unspecified atom stereocenters. The van der Waals surface area contributed by atoms with Gasteiger partial charge in [0.1, 0.15) is 5.69 Å². The average molecular weight is 316 g/mol. The van der Waals surface area contributed by atoms with E-state index in [4.69, 9.17) is 0 Å². The Labute approximate surface area is 136 Å². The Morgan fingerprint density at radius 3 is 2.43 bits per heavy atom. The van der Waals surface area contributed by atoms with Gasteiger partial charge in [0.25, 0.3) is 5.91 Å². The van der Waals surface area contributed by atoms with Crippen LogP contribution < -0.4 is 0 Å². The zero-order valence-electron chi connectivity index (χ0n) is 13.5. The minimum atomic E-state index is 0.0433. The van der Waals surface area contributed by atoms with Crippen molar-refractivity contribution in [3.8, 4) is 0 Å². The lowest BCUT2D eigenvalue weighted by Gasteiger charge is -2.33. The van der Waals surface area contributed by atoms with Gasteiger partial charge < -0.3 is 14.4 Å². The number of likely N-dealkylation sites (tertiary alicyclic amines) is 2. The molecule has 0 saturated carbocycles. The lowest BCUT2D eigenvalue weighted by molar-refractivity contribution is -0.137. The van der Waals surface area contributed by atoms with E-state index in [0.29, 0.717) is 18.1 Å². The van der Waals surface area contributed by atoms with Gasteiger partial charge in [-0.25, -0.2) is 4.98 Å². The molecule has 0 N–H and O–H groups in total. The van der Waals surface area contributed by atoms with E-state index in [0.717, 1.165) is 64.0 Å². The minimum Gasteiger partial charge on any atom is -0.342 e. The number of piperidine rings is 1. The van der Waals surface area contributed by atoms with Crippen molar-refractivity contribution in [2.75, 3.05) is 26.2 Å². The summed E-state index contributed by atoms with van der Waals surface area (Å²) in [5.41, 5.74) is 1.62. The van der Waals surface area contributed by atoms with Crippen molar-refractivity contribution in [2.24, 2.45) is 5.92 Å². The number of rotatable bonds is 2. The van der Waals surface area contributed by atoms with Crippen molar-refractivity contribution in [1.29, 1.82) is 0 Å². The van der Waals surface area contributed by atoms with Crippen LogP contribution in [0.25, 0.3) is 0 Å². The number of carbonyl (C=O) groups is 2. The van der Waals surface area contributed by atoms with Gasteiger partial charge in [0, 0.05) is 32.7 Å². The van der Waals surface area contributed by atoms with Crippen molar-refractivity contribution in [3.63, 3.8) is 0 Å². The fourth-order valence-corrected chi connectivity index (χ4v) is 3.89. The van der Waals surface area contributed by atoms with Crippen LogP contribution in [0.5, 0.6) is 0 Å². The molecule has 6 heteroatoms. The predicted octanol–water partition coefficient (Wildman–Crippen LogP) is 1.30. The normalized spacial score (nSPS) is 24.1. The van der Waals surface area contributed by atoms with E-state index >= 15 is 0 Å². The quantitative estimate of drug-likeness (QED) is 0.826. The molecule has 1 aromatic heterocycles. The summed E-state index contributed by atoms with van der Waals surface area (Å²) >= 11 is 0. The van der Waals surface area contributed by atoms with Crippen molar-refractivity contribution in [3.05, 3.63) is 17.7 Å². The maximum absolute atomic E-state index is 12.7. The first-order chi connectivity index (χ1) is 11.2. The molecule has 4 heterocycles. The van der Waals surface area contributed by atoms with E-state index in [9.17, 15) is 9.59 Å². The molecule has 0 bridgehead atoms. The zero-order chi connectivity index (χ0) is 15.8. The second-order valence-corrected chi connectivity index (χ2v) is 6.96. The second-order valence-electron chi connectivity index (χ2n) is 6.96. The first-order valence-corrected chi connectivity index (χ1v) is 8.86. The Hall–Kier alpha value is -1.85. The summed E-state index contributed by atoms with van der Waals surface area (Å²) in [7, 11) is 0. The van der Waals surface area contributed by atoms with Crippen LogP contribution in [0, 0.1) is 5.92 Å². The number of nitrogens with zero attached hydrogens (tertiary/aromatic N) is 4. The number of hydrogen-bond donors (Lipinski definition) is 0. The predicted molar refractivity (Wildman–Crippen MR) is 85.0 cm³/mol. The monoisotopic (exact) mass is 316 g/mol. The lowest BCUT2D eigenvalue weighted by Crippen LogP contribution is -2.43. The van der Waals surface area contributed by atoms with Gasteiger partial charge in [-0.15, -0.1) is 0 Å². The highest BCUT2D eigenvalue weighted by molar-refractivity contribution is 5.94. The Morgan fingerprint density at radius 1 is 1.00 bits per heavy atom. The van der Waals surface area contributed by atoms with Crippen molar-refractivity contribution in [2.45, 2.75) is 45.1 Å². The summed E-state index contributed by atoms with van der Waals surface area (Å²) in [5.74, 6) is 0.396. The summed E-state index contributed by atoms with van der Waals surface area (Å²) in [4.78, 5) is 33.3. The largest absolute Gasteiger partial charge is 0.342 e. The van der Waals surface area contributed by atoms with Gasteiger partial charge in [-0.2, -0.15) is 0 Å². The van der Waals surface area contributed by atoms with Crippen LogP contribution in [-0.2, 0) is 17.8 Å². The van der Waals surface area contributed by atoms with E-state index in [1.165, 1.54) is 6.42 Å². The average Bonchev–Trinajstić information content (AvgIpc) is 2.96. The third-order valence-corrected chi connectivity index (χ3v) is 5.46. The van der Waals surface area contributed by atoms with Crippen LogP contribution in [0.4, 0.5) is 0 Å². The number of amides is 2. The number of hydrogen-bond acceptors (Lipinski definition) is 3. The van der Waals surface area contributed by atoms with Gasteiger partial charge in [-0.05, 0) is 38.5 Å². The Bertz CT molecular complexity index is 614. The van der Waals surface area contributed by atoms with E-state index in [-0.39, 0.29) is 11.8 Å². The number of carbonyl (C=O) groups excluding carboxylic acids is 2. The van der Waals surface area contributed by atoms with Crippen LogP contribution in [-0.4, -0.2) is 57.3 Å². The second kappa shape index (κ2) is 5.98. The molecular formula is C17H24N4O2. The highest BCUT2D eigenvalue weighted by atomic mass is 16.2.